The Morgan fingerprint density at radius 3 is 2.26 bits per heavy atom. The number of carboxylic acid groups (broad SMARTS) is 1. The van der Waals surface area contributed by atoms with E-state index in [1.165, 1.54) is 12.5 Å². The smallest absolute Gasteiger partial charge is 0.330 e. The number of hydrogen-bond acceptors (Lipinski definition) is 2. The number of nitrogens with zero attached hydrogens (tertiary/aromatic N) is 1. The monoisotopic (exact) mass is 261 g/mol. The van der Waals surface area contributed by atoms with Gasteiger partial charge in [-0.3, -0.25) is 0 Å². The lowest BCUT2D eigenvalue weighted by Gasteiger charge is -2.05. The van der Waals surface area contributed by atoms with E-state index in [1.807, 2.05) is 6.07 Å². The van der Waals surface area contributed by atoms with Gasteiger partial charge in [-0.05, 0) is 33.0 Å². The summed E-state index contributed by atoms with van der Waals surface area (Å²) in [5.74, 6) is -0.935. The molecule has 1 aromatic rings. The van der Waals surface area contributed by atoms with E-state index in [0.29, 0.717) is 0 Å². The van der Waals surface area contributed by atoms with Crippen LogP contribution in [-0.4, -0.2) is 36.6 Å². The third-order valence-electron chi connectivity index (χ3n) is 2.22. The van der Waals surface area contributed by atoms with Crippen molar-refractivity contribution in [3.8, 4) is 0 Å². The first-order valence-electron chi connectivity index (χ1n) is 6.18. The van der Waals surface area contributed by atoms with E-state index in [9.17, 15) is 4.79 Å². The zero-order valence-electron chi connectivity index (χ0n) is 12.0. The lowest BCUT2D eigenvalue weighted by Crippen LogP contribution is -2.11. The topological polar surface area (TPSA) is 40.5 Å². The maximum absolute atomic E-state index is 9.60. The lowest BCUT2D eigenvalue weighted by atomic mass is 10.2. The second-order valence-electron chi connectivity index (χ2n) is 4.49. The maximum Gasteiger partial charge on any atom is 0.330 e. The zero-order chi connectivity index (χ0) is 14.7. The third kappa shape index (κ3) is 11.0. The molecule has 0 aliphatic carbocycles. The molecule has 0 bridgehead atoms. The molecule has 0 spiro atoms. The van der Waals surface area contributed by atoms with Crippen LogP contribution < -0.4 is 0 Å². The molecule has 0 amide bonds. The molecule has 0 heterocycles. The summed E-state index contributed by atoms with van der Waals surface area (Å²) >= 11 is 0. The van der Waals surface area contributed by atoms with E-state index in [4.69, 9.17) is 5.11 Å². The van der Waals surface area contributed by atoms with Crippen molar-refractivity contribution in [2.75, 3.05) is 20.6 Å². The maximum atomic E-state index is 9.60. The molecule has 1 aromatic carbocycles. The van der Waals surface area contributed by atoms with Crippen molar-refractivity contribution in [3.63, 3.8) is 0 Å². The molecule has 0 radical (unpaired) electrons. The van der Waals surface area contributed by atoms with E-state index in [-0.39, 0.29) is 5.57 Å². The first-order chi connectivity index (χ1) is 8.93. The SMILES string of the molecule is C=C(C)C(=O)O.CN(C)CCC=Cc1ccccc1. The molecule has 19 heavy (non-hydrogen) atoms. The van der Waals surface area contributed by atoms with E-state index >= 15 is 0 Å². The van der Waals surface area contributed by atoms with Crippen LogP contribution in [0, 0.1) is 0 Å². The van der Waals surface area contributed by atoms with Gasteiger partial charge < -0.3 is 10.0 Å². The molecule has 3 nitrogen and oxygen atoms in total. The van der Waals surface area contributed by atoms with E-state index in [1.54, 1.807) is 0 Å². The molecule has 0 saturated heterocycles. The van der Waals surface area contributed by atoms with Crippen LogP contribution in [0.2, 0.25) is 0 Å². The zero-order valence-corrected chi connectivity index (χ0v) is 12.0. The summed E-state index contributed by atoms with van der Waals surface area (Å²) in [6.45, 7) is 5.72. The van der Waals surface area contributed by atoms with Gasteiger partial charge in [0.1, 0.15) is 0 Å². The molecule has 3 heteroatoms. The van der Waals surface area contributed by atoms with Crippen molar-refractivity contribution in [3.05, 3.63) is 54.1 Å². The van der Waals surface area contributed by atoms with Gasteiger partial charge in [0, 0.05) is 12.1 Å². The van der Waals surface area contributed by atoms with E-state index in [0.717, 1.165) is 13.0 Å². The van der Waals surface area contributed by atoms with Gasteiger partial charge in [0.15, 0.2) is 0 Å². The normalized spacial score (nSPS) is 10.1. The Balaban J connectivity index is 0.000000459. The van der Waals surface area contributed by atoms with Gasteiger partial charge >= 0.3 is 5.97 Å². The summed E-state index contributed by atoms with van der Waals surface area (Å²) in [4.78, 5) is 11.8. The van der Waals surface area contributed by atoms with E-state index < -0.39 is 5.97 Å². The average molecular weight is 261 g/mol. The van der Waals surface area contributed by atoms with Crippen LogP contribution in [0.4, 0.5) is 0 Å². The Labute approximate surface area is 115 Å². The van der Waals surface area contributed by atoms with Crippen molar-refractivity contribution < 1.29 is 9.90 Å². The molecule has 104 valence electrons. The summed E-state index contributed by atoms with van der Waals surface area (Å²) in [5.41, 5.74) is 1.45. The molecule has 1 rings (SSSR count). The Bertz CT molecular complexity index is 396. The van der Waals surface area contributed by atoms with Crippen LogP contribution in [0.25, 0.3) is 6.08 Å². The van der Waals surface area contributed by atoms with Crippen LogP contribution in [0.15, 0.2) is 48.6 Å². The van der Waals surface area contributed by atoms with Crippen molar-refractivity contribution in [2.45, 2.75) is 13.3 Å². The minimum absolute atomic E-state index is 0.176. The molecular weight excluding hydrogens is 238 g/mol. The Morgan fingerprint density at radius 1 is 1.32 bits per heavy atom. The molecule has 0 aliphatic rings. The van der Waals surface area contributed by atoms with Crippen LogP contribution in [-0.2, 0) is 4.79 Å². The first kappa shape index (κ1) is 17.1. The molecular formula is C16H23NO2. The quantitative estimate of drug-likeness (QED) is 0.827. The average Bonchev–Trinajstić information content (AvgIpc) is 2.36. The highest BCUT2D eigenvalue weighted by atomic mass is 16.4. The molecule has 0 unspecified atom stereocenters. The number of hydrogen-bond donors (Lipinski definition) is 1. The largest absolute Gasteiger partial charge is 0.478 e. The molecule has 0 aromatic heterocycles. The van der Waals surface area contributed by atoms with Gasteiger partial charge in [-0.2, -0.15) is 0 Å². The van der Waals surface area contributed by atoms with Gasteiger partial charge in [-0.25, -0.2) is 4.79 Å². The van der Waals surface area contributed by atoms with E-state index in [2.05, 4.69) is 62.0 Å². The lowest BCUT2D eigenvalue weighted by molar-refractivity contribution is -0.132. The summed E-state index contributed by atoms with van der Waals surface area (Å²) in [6.07, 6.45) is 5.50. The number of rotatable bonds is 5. The van der Waals surface area contributed by atoms with Gasteiger partial charge in [0.2, 0.25) is 0 Å². The second-order valence-corrected chi connectivity index (χ2v) is 4.49. The molecule has 0 atom stereocenters. The second kappa shape index (κ2) is 10.1. The highest BCUT2D eigenvalue weighted by molar-refractivity contribution is 5.84. The number of carboxylic acids is 1. The highest BCUT2D eigenvalue weighted by Crippen LogP contribution is 2.01. The van der Waals surface area contributed by atoms with Crippen molar-refractivity contribution in [2.24, 2.45) is 0 Å². The van der Waals surface area contributed by atoms with Gasteiger partial charge in [-0.1, -0.05) is 49.1 Å². The fourth-order valence-electron chi connectivity index (χ4n) is 1.12. The molecule has 0 saturated carbocycles. The Morgan fingerprint density at radius 2 is 1.84 bits per heavy atom. The number of carbonyl (C=O) groups is 1. The van der Waals surface area contributed by atoms with Gasteiger partial charge in [-0.15, -0.1) is 0 Å². The summed E-state index contributed by atoms with van der Waals surface area (Å²) < 4.78 is 0. The summed E-state index contributed by atoms with van der Waals surface area (Å²) in [7, 11) is 4.19. The number of aliphatic carboxylic acids is 1. The van der Waals surface area contributed by atoms with Crippen LogP contribution >= 0.6 is 0 Å². The highest BCUT2D eigenvalue weighted by Gasteiger charge is 1.90. The Kier molecular flexibility index (Phi) is 9.10. The molecule has 0 fully saturated rings. The van der Waals surface area contributed by atoms with Crippen LogP contribution in [0.5, 0.6) is 0 Å². The van der Waals surface area contributed by atoms with Crippen molar-refractivity contribution in [1.82, 2.24) is 4.90 Å². The summed E-state index contributed by atoms with van der Waals surface area (Å²) in [5, 5.41) is 7.89. The van der Waals surface area contributed by atoms with Crippen molar-refractivity contribution in [1.29, 1.82) is 0 Å². The fourth-order valence-corrected chi connectivity index (χ4v) is 1.12. The van der Waals surface area contributed by atoms with Gasteiger partial charge in [0.05, 0.1) is 0 Å². The molecule has 1 N–H and O–H groups in total. The minimum atomic E-state index is -0.935. The Hall–Kier alpha value is -1.87. The van der Waals surface area contributed by atoms with Crippen LogP contribution in [0.3, 0.4) is 0 Å². The predicted octanol–water partition coefficient (Wildman–Crippen LogP) is 3.30. The van der Waals surface area contributed by atoms with Gasteiger partial charge in [0.25, 0.3) is 0 Å². The first-order valence-corrected chi connectivity index (χ1v) is 6.18. The minimum Gasteiger partial charge on any atom is -0.478 e. The third-order valence-corrected chi connectivity index (χ3v) is 2.22. The fraction of sp³-hybridized carbons (Fsp3) is 0.312. The standard InChI is InChI=1S/C12H17N.C4H6O2/c1-13(2)11-7-6-10-12-8-4-3-5-9-12;1-3(2)4(5)6/h3-6,8-10H,7,11H2,1-2H3;1H2,2H3,(H,5,6). The summed E-state index contributed by atoms with van der Waals surface area (Å²) in [6, 6.07) is 10.4. The number of benzene rings is 1. The molecule has 0 aliphatic heterocycles. The van der Waals surface area contributed by atoms with Crippen molar-refractivity contribution >= 4 is 12.0 Å². The predicted molar refractivity (Wildman–Crippen MR) is 81.1 cm³/mol. The van der Waals surface area contributed by atoms with Crippen LogP contribution in [0.1, 0.15) is 18.9 Å².